The number of hydrogen-bond donors (Lipinski definition) is 1. The highest BCUT2D eigenvalue weighted by atomic mass is 35.5. The molecule has 186 valence electrons. The number of aromatic nitrogens is 2. The number of carbonyl (C=O) groups excluding carboxylic acids is 1. The number of nitrogens with zero attached hydrogens (tertiary/aromatic N) is 2. The number of ether oxygens (including phenoxy) is 2. The quantitative estimate of drug-likeness (QED) is 0.410. The van der Waals surface area contributed by atoms with Crippen LogP contribution in [0.2, 0.25) is 5.02 Å². The average Bonchev–Trinajstić information content (AvgIpc) is 2.74. The van der Waals surface area contributed by atoms with E-state index in [2.05, 4.69) is 10.3 Å². The number of carbonyl (C=O) groups is 1. The van der Waals surface area contributed by atoms with Crippen molar-refractivity contribution in [3.05, 3.63) is 81.0 Å². The van der Waals surface area contributed by atoms with E-state index in [4.69, 9.17) is 21.1 Å². The largest absolute Gasteiger partial charge is 0.488 e. The second kappa shape index (κ2) is 10.9. The van der Waals surface area contributed by atoms with Gasteiger partial charge in [0.1, 0.15) is 5.60 Å². The van der Waals surface area contributed by atoms with Crippen LogP contribution in [0.4, 0.5) is 16.0 Å². The van der Waals surface area contributed by atoms with E-state index in [1.807, 2.05) is 13.8 Å². The molecule has 0 amide bonds. The molecule has 1 aromatic heterocycles. The molecule has 0 atom stereocenters. The average molecular weight is 502 g/mol. The van der Waals surface area contributed by atoms with Gasteiger partial charge in [-0.2, -0.15) is 0 Å². The first-order chi connectivity index (χ1) is 16.4. The molecule has 0 saturated carbocycles. The number of rotatable bonds is 8. The van der Waals surface area contributed by atoms with E-state index in [1.165, 1.54) is 22.9 Å². The van der Waals surface area contributed by atoms with Gasteiger partial charge in [-0.1, -0.05) is 23.7 Å². The maximum atomic E-state index is 14.5. The fraction of sp³-hybridized carbons (Fsp3) is 0.346. The highest BCUT2D eigenvalue weighted by Crippen LogP contribution is 2.24. The van der Waals surface area contributed by atoms with Gasteiger partial charge in [-0.05, 0) is 64.4 Å². The molecule has 3 aromatic rings. The van der Waals surface area contributed by atoms with Gasteiger partial charge in [-0.3, -0.25) is 14.2 Å². The van der Waals surface area contributed by atoms with Crippen LogP contribution in [0.5, 0.6) is 5.75 Å². The van der Waals surface area contributed by atoms with Crippen LogP contribution in [0.1, 0.15) is 45.7 Å². The Kier molecular flexibility index (Phi) is 8.17. The molecule has 0 unspecified atom stereocenters. The lowest BCUT2D eigenvalue weighted by Gasteiger charge is -2.20. The van der Waals surface area contributed by atoms with Crippen LogP contribution in [0.25, 0.3) is 0 Å². The van der Waals surface area contributed by atoms with Crippen molar-refractivity contribution >= 4 is 29.2 Å². The summed E-state index contributed by atoms with van der Waals surface area (Å²) in [7, 11) is 0. The molecule has 1 N–H and O–H groups in total. The molecule has 0 aliphatic carbocycles. The van der Waals surface area contributed by atoms with Gasteiger partial charge >= 0.3 is 5.97 Å². The predicted molar refractivity (Wildman–Crippen MR) is 134 cm³/mol. The van der Waals surface area contributed by atoms with Crippen LogP contribution < -0.4 is 15.6 Å². The minimum absolute atomic E-state index is 0.129. The van der Waals surface area contributed by atoms with Crippen LogP contribution >= 0.6 is 11.6 Å². The second-order valence-electron chi connectivity index (χ2n) is 9.32. The maximum Gasteiger partial charge on any atom is 0.311 e. The fourth-order valence-corrected chi connectivity index (χ4v) is 3.39. The van der Waals surface area contributed by atoms with Crippen molar-refractivity contribution in [2.75, 3.05) is 5.32 Å². The summed E-state index contributed by atoms with van der Waals surface area (Å²) in [6.45, 7) is 9.04. The van der Waals surface area contributed by atoms with Crippen molar-refractivity contribution in [1.29, 1.82) is 0 Å². The molecule has 0 radical (unpaired) electrons. The number of benzene rings is 2. The third kappa shape index (κ3) is 7.55. The molecule has 1 heterocycles. The third-order valence-electron chi connectivity index (χ3n) is 4.68. The fourth-order valence-electron chi connectivity index (χ4n) is 3.26. The van der Waals surface area contributed by atoms with E-state index in [0.29, 0.717) is 10.7 Å². The van der Waals surface area contributed by atoms with Crippen molar-refractivity contribution in [2.24, 2.45) is 0 Å². The van der Waals surface area contributed by atoms with Gasteiger partial charge in [-0.15, -0.1) is 0 Å². The zero-order valence-corrected chi connectivity index (χ0v) is 21.1. The van der Waals surface area contributed by atoms with Gasteiger partial charge in [0.2, 0.25) is 5.95 Å². The molecule has 2 aromatic carbocycles. The monoisotopic (exact) mass is 501 g/mol. The van der Waals surface area contributed by atoms with Gasteiger partial charge in [0.25, 0.3) is 5.56 Å². The van der Waals surface area contributed by atoms with E-state index in [9.17, 15) is 14.0 Å². The Morgan fingerprint density at radius 1 is 1.17 bits per heavy atom. The van der Waals surface area contributed by atoms with Crippen molar-refractivity contribution in [3.8, 4) is 5.75 Å². The molecule has 7 nitrogen and oxygen atoms in total. The molecule has 35 heavy (non-hydrogen) atoms. The molecule has 0 saturated heterocycles. The Balaban J connectivity index is 1.96. The lowest BCUT2D eigenvalue weighted by atomic mass is 10.2. The van der Waals surface area contributed by atoms with Crippen LogP contribution in [-0.4, -0.2) is 27.2 Å². The van der Waals surface area contributed by atoms with Crippen molar-refractivity contribution in [1.82, 2.24) is 9.55 Å². The van der Waals surface area contributed by atoms with Crippen LogP contribution in [0, 0.1) is 5.82 Å². The van der Waals surface area contributed by atoms with Crippen LogP contribution in [-0.2, 0) is 22.5 Å². The van der Waals surface area contributed by atoms with E-state index in [-0.39, 0.29) is 36.3 Å². The summed E-state index contributed by atoms with van der Waals surface area (Å²) < 4.78 is 26.7. The first-order valence-electron chi connectivity index (χ1n) is 11.2. The molecule has 0 fully saturated rings. The van der Waals surface area contributed by atoms with Crippen molar-refractivity contribution in [3.63, 3.8) is 0 Å². The summed E-state index contributed by atoms with van der Waals surface area (Å²) in [5.41, 5.74) is 0.274. The zero-order chi connectivity index (χ0) is 25.8. The first kappa shape index (κ1) is 26.2. The Labute approximate surface area is 208 Å². The summed E-state index contributed by atoms with van der Waals surface area (Å²) in [6.07, 6.45) is 0.937. The summed E-state index contributed by atoms with van der Waals surface area (Å²) in [5, 5.41) is 3.56. The topological polar surface area (TPSA) is 82.5 Å². The van der Waals surface area contributed by atoms with Gasteiger partial charge in [0.05, 0.1) is 19.1 Å². The van der Waals surface area contributed by atoms with Gasteiger partial charge < -0.3 is 14.8 Å². The molecular weight excluding hydrogens is 473 g/mol. The smallest absolute Gasteiger partial charge is 0.311 e. The number of anilines is 2. The molecule has 3 rings (SSSR count). The van der Waals surface area contributed by atoms with Gasteiger partial charge in [0, 0.05) is 28.5 Å². The minimum Gasteiger partial charge on any atom is -0.488 e. The normalized spacial score (nSPS) is 11.4. The molecular formula is C26H29ClFN3O4. The third-order valence-corrected chi connectivity index (χ3v) is 4.93. The van der Waals surface area contributed by atoms with Crippen LogP contribution in [0.15, 0.2) is 53.5 Å². The molecule has 0 aliphatic heterocycles. The highest BCUT2D eigenvalue weighted by molar-refractivity contribution is 6.30. The second-order valence-corrected chi connectivity index (χ2v) is 9.76. The first-order valence-corrected chi connectivity index (χ1v) is 11.6. The Hall–Kier alpha value is -3.39. The van der Waals surface area contributed by atoms with E-state index in [0.717, 1.165) is 5.56 Å². The van der Waals surface area contributed by atoms with Crippen molar-refractivity contribution in [2.45, 2.75) is 59.3 Å². The highest BCUT2D eigenvalue weighted by Gasteiger charge is 2.20. The van der Waals surface area contributed by atoms with E-state index >= 15 is 0 Å². The Morgan fingerprint density at radius 3 is 2.46 bits per heavy atom. The molecule has 0 bridgehead atoms. The lowest BCUT2D eigenvalue weighted by Crippen LogP contribution is -2.31. The Bertz CT molecular complexity index is 1250. The lowest BCUT2D eigenvalue weighted by molar-refractivity contribution is -0.153. The Morgan fingerprint density at radius 2 is 1.86 bits per heavy atom. The van der Waals surface area contributed by atoms with Crippen LogP contribution in [0.3, 0.4) is 0 Å². The summed E-state index contributed by atoms with van der Waals surface area (Å²) in [6, 6.07) is 11.4. The van der Waals surface area contributed by atoms with Crippen molar-refractivity contribution < 1.29 is 18.7 Å². The van der Waals surface area contributed by atoms with Gasteiger partial charge in [-0.25, -0.2) is 9.37 Å². The SMILES string of the molecule is CC(C)Oc1ccc(Nc2ncc(CC(=O)OC(C)(C)C)c(=O)n2Cc2ccc(Cl)cc2)cc1F. The zero-order valence-electron chi connectivity index (χ0n) is 20.4. The standard InChI is InChI=1S/C26H29ClFN3O4/c1-16(2)34-22-11-10-20(13-21(22)28)30-25-29-14-18(12-23(32)35-26(3,4)5)24(33)31(25)15-17-6-8-19(27)9-7-17/h6-11,13-14,16H,12,15H2,1-5H3,(H,29,30). The predicted octanol–water partition coefficient (Wildman–Crippen LogP) is 5.50. The minimum atomic E-state index is -0.677. The van der Waals surface area contributed by atoms with Gasteiger partial charge in [0.15, 0.2) is 11.6 Å². The molecule has 0 spiro atoms. The maximum absolute atomic E-state index is 14.5. The number of hydrogen-bond acceptors (Lipinski definition) is 6. The number of esters is 1. The molecule has 0 aliphatic rings. The number of nitrogens with one attached hydrogen (secondary N) is 1. The summed E-state index contributed by atoms with van der Waals surface area (Å²) >= 11 is 5.99. The van der Waals surface area contributed by atoms with E-state index < -0.39 is 22.9 Å². The summed E-state index contributed by atoms with van der Waals surface area (Å²) in [4.78, 5) is 30.0. The summed E-state index contributed by atoms with van der Waals surface area (Å²) in [5.74, 6) is -0.755. The number of halogens is 2. The van der Waals surface area contributed by atoms with E-state index in [1.54, 1.807) is 51.1 Å². The molecule has 9 heteroatoms.